The summed E-state index contributed by atoms with van der Waals surface area (Å²) in [6.45, 7) is 2.75. The first-order valence-corrected chi connectivity index (χ1v) is 8.50. The molecular formula is C14H18N6OS. The zero-order valence-electron chi connectivity index (χ0n) is 12.6. The molecule has 2 aromatic rings. The number of carbonyl (C=O) groups is 1. The molecule has 2 aromatic heterocycles. The third kappa shape index (κ3) is 3.11. The molecule has 1 saturated carbocycles. The maximum atomic E-state index is 12.4. The third-order valence-corrected chi connectivity index (χ3v) is 4.25. The molecule has 22 heavy (non-hydrogen) atoms. The number of carbonyl (C=O) groups excluding carboxylic acids is 1. The molecule has 0 spiro atoms. The van der Waals surface area contributed by atoms with Gasteiger partial charge >= 0.3 is 0 Å². The van der Waals surface area contributed by atoms with Gasteiger partial charge in [0.1, 0.15) is 12.2 Å². The van der Waals surface area contributed by atoms with E-state index >= 15 is 0 Å². The fourth-order valence-corrected chi connectivity index (χ4v) is 2.66. The van der Waals surface area contributed by atoms with Gasteiger partial charge in [-0.25, -0.2) is 19.6 Å². The van der Waals surface area contributed by atoms with Crippen molar-refractivity contribution in [2.24, 2.45) is 5.92 Å². The number of nitrogens with zero attached hydrogens (tertiary/aromatic N) is 5. The summed E-state index contributed by atoms with van der Waals surface area (Å²) in [4.78, 5) is 25.0. The molecule has 0 aromatic carbocycles. The van der Waals surface area contributed by atoms with Crippen molar-refractivity contribution in [2.75, 3.05) is 6.26 Å². The Balaban J connectivity index is 1.77. The molecule has 2 heterocycles. The largest absolute Gasteiger partial charge is 0.342 e. The van der Waals surface area contributed by atoms with Gasteiger partial charge in [-0.15, -0.1) is 0 Å². The highest BCUT2D eigenvalue weighted by Crippen LogP contribution is 2.40. The van der Waals surface area contributed by atoms with Crippen LogP contribution in [0.4, 0.5) is 0 Å². The Hall–Kier alpha value is -1.96. The second-order valence-electron chi connectivity index (χ2n) is 5.18. The van der Waals surface area contributed by atoms with Crippen LogP contribution >= 0.6 is 11.8 Å². The first-order chi connectivity index (χ1) is 10.7. The first kappa shape index (κ1) is 15.0. The zero-order valence-corrected chi connectivity index (χ0v) is 13.4. The summed E-state index contributed by atoms with van der Waals surface area (Å²) in [6, 6.07) is -0.102. The summed E-state index contributed by atoms with van der Waals surface area (Å²) in [5.74, 6) is 1.08. The van der Waals surface area contributed by atoms with Crippen molar-refractivity contribution in [3.05, 3.63) is 30.1 Å². The predicted octanol–water partition coefficient (Wildman–Crippen LogP) is 1.69. The molecule has 0 aliphatic heterocycles. The minimum Gasteiger partial charge on any atom is -0.342 e. The third-order valence-electron chi connectivity index (χ3n) is 3.68. The highest BCUT2D eigenvalue weighted by molar-refractivity contribution is 7.98. The number of aryl methyl sites for hydroxylation is 1. The van der Waals surface area contributed by atoms with Crippen LogP contribution in [0.3, 0.4) is 0 Å². The number of hydrogen-bond acceptors (Lipinski definition) is 6. The Morgan fingerprint density at radius 1 is 1.41 bits per heavy atom. The normalized spacial score (nSPS) is 15.5. The predicted molar refractivity (Wildman–Crippen MR) is 82.4 cm³/mol. The Bertz CT molecular complexity index is 652. The molecule has 1 fully saturated rings. The van der Waals surface area contributed by atoms with Crippen molar-refractivity contribution in [1.29, 1.82) is 0 Å². The molecule has 1 N–H and O–H groups in total. The van der Waals surface area contributed by atoms with Crippen LogP contribution in [0, 0.1) is 5.92 Å². The number of nitrogens with one attached hydrogen (secondary N) is 1. The summed E-state index contributed by atoms with van der Waals surface area (Å²) < 4.78 is 1.83. The molecular weight excluding hydrogens is 300 g/mol. The van der Waals surface area contributed by atoms with E-state index in [1.165, 1.54) is 18.1 Å². The lowest BCUT2D eigenvalue weighted by Crippen LogP contribution is -2.32. The smallest absolute Gasteiger partial charge is 0.255 e. The molecule has 0 radical (unpaired) electrons. The Morgan fingerprint density at radius 3 is 2.73 bits per heavy atom. The van der Waals surface area contributed by atoms with E-state index in [9.17, 15) is 4.79 Å². The number of amides is 1. The lowest BCUT2D eigenvalue weighted by molar-refractivity contribution is 0.0927. The molecule has 7 nitrogen and oxygen atoms in total. The van der Waals surface area contributed by atoms with Gasteiger partial charge in [-0.2, -0.15) is 5.10 Å². The van der Waals surface area contributed by atoms with Crippen LogP contribution in [0.2, 0.25) is 0 Å². The van der Waals surface area contributed by atoms with Gasteiger partial charge < -0.3 is 5.32 Å². The molecule has 0 unspecified atom stereocenters. The number of rotatable bonds is 6. The minimum absolute atomic E-state index is 0.102. The molecule has 0 bridgehead atoms. The quantitative estimate of drug-likeness (QED) is 0.644. The summed E-state index contributed by atoms with van der Waals surface area (Å²) in [5, 5.41) is 7.91. The van der Waals surface area contributed by atoms with Crippen molar-refractivity contribution in [3.63, 3.8) is 0 Å². The maximum absolute atomic E-state index is 12.4. The molecule has 8 heteroatoms. The van der Waals surface area contributed by atoms with Crippen molar-refractivity contribution < 1.29 is 4.79 Å². The summed E-state index contributed by atoms with van der Waals surface area (Å²) in [5.41, 5.74) is 0.464. The monoisotopic (exact) mass is 318 g/mol. The van der Waals surface area contributed by atoms with Gasteiger partial charge in [0, 0.05) is 18.9 Å². The Kier molecular flexibility index (Phi) is 4.37. The van der Waals surface area contributed by atoms with E-state index in [0.717, 1.165) is 25.2 Å². The molecule has 1 aliphatic carbocycles. The number of thioether (sulfide) groups is 1. The highest BCUT2D eigenvalue weighted by Gasteiger charge is 2.36. The van der Waals surface area contributed by atoms with Crippen LogP contribution in [-0.4, -0.2) is 36.9 Å². The van der Waals surface area contributed by atoms with Crippen LogP contribution < -0.4 is 5.32 Å². The second-order valence-corrected chi connectivity index (χ2v) is 5.95. The fraction of sp³-hybridized carbons (Fsp3) is 0.500. The van der Waals surface area contributed by atoms with Crippen LogP contribution in [0.15, 0.2) is 23.9 Å². The highest BCUT2D eigenvalue weighted by atomic mass is 32.2. The summed E-state index contributed by atoms with van der Waals surface area (Å²) >= 11 is 1.45. The van der Waals surface area contributed by atoms with Crippen molar-refractivity contribution in [2.45, 2.75) is 37.5 Å². The standard InChI is InChI=1S/C14H18N6OS/c1-3-20-12(17-8-18-20)11(9-4-5-9)19-13(21)10-6-15-14(22-2)16-7-10/h6-9,11H,3-5H2,1-2H3,(H,19,21)/t11-/m0/s1. The van der Waals surface area contributed by atoms with Gasteiger partial charge in [-0.3, -0.25) is 4.79 Å². The minimum atomic E-state index is -0.171. The molecule has 3 rings (SSSR count). The molecule has 116 valence electrons. The van der Waals surface area contributed by atoms with Gasteiger partial charge in [0.15, 0.2) is 5.16 Å². The number of hydrogen-bond donors (Lipinski definition) is 1. The zero-order chi connectivity index (χ0) is 15.5. The summed E-state index contributed by atoms with van der Waals surface area (Å²) in [7, 11) is 0. The topological polar surface area (TPSA) is 85.6 Å². The average Bonchev–Trinajstić information content (AvgIpc) is 3.29. The van der Waals surface area contributed by atoms with Crippen molar-refractivity contribution in [3.8, 4) is 0 Å². The average molecular weight is 318 g/mol. The van der Waals surface area contributed by atoms with Crippen LogP contribution in [0.25, 0.3) is 0 Å². The van der Waals surface area contributed by atoms with Gasteiger partial charge in [0.25, 0.3) is 5.91 Å². The molecule has 1 amide bonds. The van der Waals surface area contributed by atoms with Crippen molar-refractivity contribution in [1.82, 2.24) is 30.0 Å². The van der Waals surface area contributed by atoms with Gasteiger partial charge in [0.2, 0.25) is 0 Å². The first-order valence-electron chi connectivity index (χ1n) is 7.27. The number of aromatic nitrogens is 5. The van der Waals surface area contributed by atoms with Crippen LogP contribution in [0.1, 0.15) is 42.0 Å². The lowest BCUT2D eigenvalue weighted by Gasteiger charge is -2.18. The Morgan fingerprint density at radius 2 is 2.14 bits per heavy atom. The van der Waals surface area contributed by atoms with Gasteiger partial charge in [-0.05, 0) is 31.9 Å². The van der Waals surface area contributed by atoms with E-state index in [2.05, 4.69) is 25.4 Å². The fourth-order valence-electron chi connectivity index (χ4n) is 2.34. The van der Waals surface area contributed by atoms with E-state index in [1.807, 2.05) is 17.9 Å². The van der Waals surface area contributed by atoms with Crippen molar-refractivity contribution >= 4 is 17.7 Å². The Labute approximate surface area is 133 Å². The van der Waals surface area contributed by atoms with Gasteiger partial charge in [0.05, 0.1) is 11.6 Å². The van der Waals surface area contributed by atoms with E-state index in [0.29, 0.717) is 16.6 Å². The summed E-state index contributed by atoms with van der Waals surface area (Å²) in [6.07, 6.45) is 8.75. The van der Waals surface area contributed by atoms with Crippen LogP contribution in [0.5, 0.6) is 0 Å². The van der Waals surface area contributed by atoms with Gasteiger partial charge in [-0.1, -0.05) is 11.8 Å². The second kappa shape index (κ2) is 6.43. The maximum Gasteiger partial charge on any atom is 0.255 e. The van der Waals surface area contributed by atoms with E-state index in [-0.39, 0.29) is 11.9 Å². The molecule has 1 aliphatic rings. The van der Waals surface area contributed by atoms with E-state index in [4.69, 9.17) is 0 Å². The lowest BCUT2D eigenvalue weighted by atomic mass is 10.1. The molecule has 0 saturated heterocycles. The van der Waals surface area contributed by atoms with E-state index in [1.54, 1.807) is 12.4 Å². The van der Waals surface area contributed by atoms with Crippen LogP contribution in [-0.2, 0) is 6.54 Å². The van der Waals surface area contributed by atoms with E-state index < -0.39 is 0 Å². The molecule has 1 atom stereocenters. The SMILES string of the molecule is CCn1ncnc1[C@@H](NC(=O)c1cnc(SC)nc1)C1CC1.